The summed E-state index contributed by atoms with van der Waals surface area (Å²) in [7, 11) is 1.41. The number of thiophene rings is 1. The molecule has 156 valence electrons. The van der Waals surface area contributed by atoms with Gasteiger partial charge in [0.25, 0.3) is 0 Å². The van der Waals surface area contributed by atoms with Crippen molar-refractivity contribution in [2.45, 2.75) is 26.8 Å². The van der Waals surface area contributed by atoms with Crippen molar-refractivity contribution >= 4 is 51.2 Å². The Bertz CT molecular complexity index is 875. The highest BCUT2D eigenvalue weighted by atomic mass is 35.5. The Hall–Kier alpha value is -1.67. The molecule has 1 aromatic carbocycles. The van der Waals surface area contributed by atoms with Gasteiger partial charge in [-0.3, -0.25) is 4.90 Å². The van der Waals surface area contributed by atoms with Gasteiger partial charge >= 0.3 is 5.97 Å². The second-order valence-corrected chi connectivity index (χ2v) is 9.05. The van der Waals surface area contributed by atoms with Crippen molar-refractivity contribution in [3.8, 4) is 0 Å². The van der Waals surface area contributed by atoms with Gasteiger partial charge in [0, 0.05) is 42.6 Å². The summed E-state index contributed by atoms with van der Waals surface area (Å²) in [6.07, 6.45) is 0.782. The number of rotatable bonds is 5. The summed E-state index contributed by atoms with van der Waals surface area (Å²) in [5.41, 5.74) is 2.90. The average molecular weight is 452 g/mol. The molecule has 0 radical (unpaired) electrons. The Kier molecular flexibility index (Phi) is 7.51. The Morgan fingerprint density at radius 2 is 1.90 bits per heavy atom. The maximum absolute atomic E-state index is 12.3. The van der Waals surface area contributed by atoms with Gasteiger partial charge < -0.3 is 15.0 Å². The summed E-state index contributed by atoms with van der Waals surface area (Å²) in [5, 5.41) is 5.50. The van der Waals surface area contributed by atoms with E-state index < -0.39 is 0 Å². The number of ether oxygens (including phenoxy) is 1. The Morgan fingerprint density at radius 1 is 1.24 bits per heavy atom. The van der Waals surface area contributed by atoms with E-state index in [1.807, 2.05) is 26.0 Å². The lowest BCUT2D eigenvalue weighted by atomic mass is 10.1. The molecule has 1 fully saturated rings. The summed E-state index contributed by atoms with van der Waals surface area (Å²) in [6, 6.07) is 8.00. The van der Waals surface area contributed by atoms with Gasteiger partial charge in [-0.1, -0.05) is 30.7 Å². The smallest absolute Gasteiger partial charge is 0.341 e. The Balaban J connectivity index is 1.60. The molecule has 1 N–H and O–H groups in total. The van der Waals surface area contributed by atoms with E-state index in [0.29, 0.717) is 10.7 Å². The van der Waals surface area contributed by atoms with Crippen molar-refractivity contribution < 1.29 is 9.53 Å². The van der Waals surface area contributed by atoms with Crippen LogP contribution in [0.2, 0.25) is 5.02 Å². The number of halogens is 1. The quantitative estimate of drug-likeness (QED) is 0.530. The number of hydrogen-bond donors (Lipinski definition) is 1. The first kappa shape index (κ1) is 22.0. The van der Waals surface area contributed by atoms with Gasteiger partial charge in [0.2, 0.25) is 0 Å². The number of thiocarbonyl (C=S) groups is 1. The van der Waals surface area contributed by atoms with Crippen LogP contribution in [0.1, 0.15) is 33.3 Å². The van der Waals surface area contributed by atoms with Gasteiger partial charge in [-0.05, 0) is 48.8 Å². The molecule has 3 rings (SSSR count). The normalized spacial score (nSPS) is 14.7. The molecular formula is C21H26ClN3O2S2. The van der Waals surface area contributed by atoms with E-state index >= 15 is 0 Å². The van der Waals surface area contributed by atoms with Gasteiger partial charge in [0.1, 0.15) is 5.00 Å². The Morgan fingerprint density at radius 3 is 2.48 bits per heavy atom. The van der Waals surface area contributed by atoms with Crippen LogP contribution in [0, 0.1) is 6.92 Å². The first-order chi connectivity index (χ1) is 13.9. The van der Waals surface area contributed by atoms with E-state index in [4.69, 9.17) is 28.6 Å². The first-order valence-corrected chi connectivity index (χ1v) is 11.3. The number of carbonyl (C=O) groups excluding carboxylic acids is 1. The molecule has 0 bridgehead atoms. The minimum Gasteiger partial charge on any atom is -0.465 e. The standard InChI is InChI=1S/C21H26ClN3O2S2/c1-4-17-14(2)29-19(18(17)20(26)27-3)23-21(28)25-11-9-24(10-12-25)13-15-5-7-16(22)8-6-15/h5-8H,4,9-13H2,1-3H3,(H,23,28). The maximum atomic E-state index is 12.3. The van der Waals surface area contributed by atoms with Crippen LogP contribution < -0.4 is 5.32 Å². The molecule has 1 aliphatic rings. The highest BCUT2D eigenvalue weighted by Crippen LogP contribution is 2.34. The second kappa shape index (κ2) is 9.89. The third-order valence-electron chi connectivity index (χ3n) is 5.15. The van der Waals surface area contributed by atoms with Crippen molar-refractivity contribution in [2.24, 2.45) is 0 Å². The van der Waals surface area contributed by atoms with Crippen LogP contribution in [0.5, 0.6) is 0 Å². The molecule has 0 aliphatic carbocycles. The van der Waals surface area contributed by atoms with E-state index in [1.54, 1.807) is 11.3 Å². The zero-order valence-electron chi connectivity index (χ0n) is 17.0. The number of piperazine rings is 1. The average Bonchev–Trinajstić information content (AvgIpc) is 3.04. The van der Waals surface area contributed by atoms with E-state index in [-0.39, 0.29) is 5.97 Å². The van der Waals surface area contributed by atoms with Gasteiger partial charge in [0.15, 0.2) is 5.11 Å². The van der Waals surface area contributed by atoms with E-state index in [0.717, 1.165) is 59.6 Å². The number of methoxy groups -OCH3 is 1. The zero-order chi connectivity index (χ0) is 21.0. The summed E-state index contributed by atoms with van der Waals surface area (Å²) < 4.78 is 4.99. The molecule has 5 nitrogen and oxygen atoms in total. The molecule has 0 amide bonds. The van der Waals surface area contributed by atoms with Crippen molar-refractivity contribution in [3.05, 3.63) is 50.9 Å². The number of nitrogens with zero attached hydrogens (tertiary/aromatic N) is 2. The summed E-state index contributed by atoms with van der Waals surface area (Å²) in [6.45, 7) is 8.52. The van der Waals surface area contributed by atoms with Crippen molar-refractivity contribution in [1.82, 2.24) is 9.80 Å². The maximum Gasteiger partial charge on any atom is 0.341 e. The molecule has 1 saturated heterocycles. The lowest BCUT2D eigenvalue weighted by Crippen LogP contribution is -2.49. The fourth-order valence-electron chi connectivity index (χ4n) is 3.54. The molecule has 0 saturated carbocycles. The number of anilines is 1. The zero-order valence-corrected chi connectivity index (χ0v) is 19.3. The van der Waals surface area contributed by atoms with Crippen LogP contribution in [0.15, 0.2) is 24.3 Å². The topological polar surface area (TPSA) is 44.8 Å². The van der Waals surface area contributed by atoms with Crippen molar-refractivity contribution in [2.75, 3.05) is 38.6 Å². The van der Waals surface area contributed by atoms with Crippen LogP contribution in [-0.4, -0.2) is 54.2 Å². The second-order valence-electron chi connectivity index (χ2n) is 7.01. The summed E-state index contributed by atoms with van der Waals surface area (Å²) in [4.78, 5) is 18.0. The molecule has 1 aliphatic heterocycles. The number of esters is 1. The van der Waals surface area contributed by atoms with Gasteiger partial charge in [-0.2, -0.15) is 0 Å². The fraction of sp³-hybridized carbons (Fsp3) is 0.429. The molecule has 2 heterocycles. The molecule has 2 aromatic rings. The lowest BCUT2D eigenvalue weighted by molar-refractivity contribution is 0.0601. The number of aryl methyl sites for hydroxylation is 1. The SMILES string of the molecule is CCc1c(C)sc(NC(=S)N2CCN(Cc3ccc(Cl)cc3)CC2)c1C(=O)OC. The van der Waals surface area contributed by atoms with Gasteiger partial charge in [0.05, 0.1) is 12.7 Å². The minimum atomic E-state index is -0.315. The van der Waals surface area contributed by atoms with Crippen molar-refractivity contribution in [1.29, 1.82) is 0 Å². The summed E-state index contributed by atoms with van der Waals surface area (Å²) in [5.74, 6) is -0.315. The predicted molar refractivity (Wildman–Crippen MR) is 124 cm³/mol. The largest absolute Gasteiger partial charge is 0.465 e. The van der Waals surface area contributed by atoms with Crippen LogP contribution in [0.3, 0.4) is 0 Å². The van der Waals surface area contributed by atoms with E-state index in [9.17, 15) is 4.79 Å². The predicted octanol–water partition coefficient (Wildman–Crippen LogP) is 4.57. The van der Waals surface area contributed by atoms with Crippen molar-refractivity contribution in [3.63, 3.8) is 0 Å². The van der Waals surface area contributed by atoms with Crippen LogP contribution >= 0.6 is 35.2 Å². The minimum absolute atomic E-state index is 0.315. The monoisotopic (exact) mass is 451 g/mol. The molecule has 0 spiro atoms. The van der Waals surface area contributed by atoms with Crippen LogP contribution in [-0.2, 0) is 17.7 Å². The third kappa shape index (κ3) is 5.28. The molecule has 8 heteroatoms. The first-order valence-electron chi connectivity index (χ1n) is 9.66. The van der Waals surface area contributed by atoms with Crippen LogP contribution in [0.4, 0.5) is 5.00 Å². The molecular weight excluding hydrogens is 426 g/mol. The Labute approximate surface area is 186 Å². The number of hydrogen-bond acceptors (Lipinski definition) is 5. The van der Waals surface area contributed by atoms with Gasteiger partial charge in [-0.15, -0.1) is 11.3 Å². The molecule has 0 unspecified atom stereocenters. The third-order valence-corrected chi connectivity index (χ3v) is 6.83. The number of benzene rings is 1. The van der Waals surface area contributed by atoms with E-state index in [1.165, 1.54) is 12.7 Å². The molecule has 29 heavy (non-hydrogen) atoms. The highest BCUT2D eigenvalue weighted by molar-refractivity contribution is 7.80. The number of nitrogens with one attached hydrogen (secondary N) is 1. The number of carbonyl (C=O) groups is 1. The molecule has 0 atom stereocenters. The lowest BCUT2D eigenvalue weighted by Gasteiger charge is -2.36. The fourth-order valence-corrected chi connectivity index (χ4v) is 5.15. The summed E-state index contributed by atoms with van der Waals surface area (Å²) >= 11 is 13.2. The van der Waals surface area contributed by atoms with Gasteiger partial charge in [-0.25, -0.2) is 4.79 Å². The highest BCUT2D eigenvalue weighted by Gasteiger charge is 2.25. The van der Waals surface area contributed by atoms with Crippen LogP contribution in [0.25, 0.3) is 0 Å². The molecule has 1 aromatic heterocycles. The van der Waals surface area contributed by atoms with E-state index in [2.05, 4.69) is 27.2 Å².